The van der Waals surface area contributed by atoms with Crippen LogP contribution in [0, 0.1) is 18.8 Å². The summed E-state index contributed by atoms with van der Waals surface area (Å²) in [7, 11) is 2.14. The number of pyridine rings is 1. The summed E-state index contributed by atoms with van der Waals surface area (Å²) < 4.78 is 11.0. The van der Waals surface area contributed by atoms with Crippen molar-refractivity contribution < 1.29 is 25.8 Å². The summed E-state index contributed by atoms with van der Waals surface area (Å²) in [4.78, 5) is 9.28. The molecule has 4 heterocycles. The van der Waals surface area contributed by atoms with Gasteiger partial charge in [0.05, 0.1) is 5.52 Å². The van der Waals surface area contributed by atoms with Crippen LogP contribution in [0.5, 0.6) is 11.5 Å². The molecule has 0 spiro atoms. The molecule has 7 heteroatoms. The van der Waals surface area contributed by atoms with Crippen LogP contribution in [0.15, 0.2) is 140 Å². The number of fused-ring (bicyclic) bond motifs is 7. The van der Waals surface area contributed by atoms with Gasteiger partial charge >= 0.3 is 0 Å². The maximum absolute atomic E-state index is 6.58. The Bertz CT molecular complexity index is 2870. The number of para-hydroxylation sites is 3. The third-order valence-corrected chi connectivity index (χ3v) is 10.4. The maximum Gasteiger partial charge on any atom is 0.135 e. The van der Waals surface area contributed by atoms with E-state index in [2.05, 4.69) is 175 Å². The van der Waals surface area contributed by atoms with E-state index in [-0.39, 0.29) is 26.5 Å². The fourth-order valence-electron chi connectivity index (χ4n) is 7.73. The second-order valence-corrected chi connectivity index (χ2v) is 14.7. The Morgan fingerprint density at radius 1 is 0.611 bits per heavy atom. The van der Waals surface area contributed by atoms with Crippen LogP contribution < -0.4 is 14.5 Å². The molecule has 0 atom stereocenters. The third kappa shape index (κ3) is 5.47. The molecule has 0 radical (unpaired) electrons. The molecule has 6 nitrogen and oxygen atoms in total. The predicted molar refractivity (Wildman–Crippen MR) is 217 cm³/mol. The summed E-state index contributed by atoms with van der Waals surface area (Å²) in [5, 5.41) is 4.69. The maximum atomic E-state index is 6.58. The summed E-state index contributed by atoms with van der Waals surface area (Å²) in [6, 6.07) is 53.7. The molecule has 1 aliphatic heterocycles. The standard InChI is InChI=1S/C47H36N5O.Pt/c1-47(2,3)31-23-24-48-46(25-31)52-41-20-11-9-17-36(41)38-22-21-35(27-43(38)52)53-34-16-12-15-33(26-34)51-30-50(32-13-6-5-7-14-32)45-29-42-39(28-44(45)51)37-18-8-10-19-40(37)49(42)4;/h5-25,28-30H,1-4H3;/q-3;. The minimum absolute atomic E-state index is 0. The smallest absolute Gasteiger partial charge is 0.135 e. The number of ether oxygens (including phenoxy) is 1. The molecule has 9 aromatic rings. The van der Waals surface area contributed by atoms with Crippen LogP contribution in [0.4, 0.5) is 22.7 Å². The first-order chi connectivity index (χ1) is 25.8. The number of aryl methyl sites for hydroxylation is 1. The van der Waals surface area contributed by atoms with Gasteiger partial charge in [-0.3, -0.25) is 0 Å². The van der Waals surface area contributed by atoms with E-state index >= 15 is 0 Å². The van der Waals surface area contributed by atoms with Gasteiger partial charge in [0.15, 0.2) is 0 Å². The Morgan fingerprint density at radius 2 is 1.31 bits per heavy atom. The van der Waals surface area contributed by atoms with Gasteiger partial charge in [0.1, 0.15) is 5.82 Å². The number of hydrogen-bond acceptors (Lipinski definition) is 4. The second kappa shape index (κ2) is 12.9. The summed E-state index contributed by atoms with van der Waals surface area (Å²) in [5.74, 6) is 2.07. The van der Waals surface area contributed by atoms with Crippen molar-refractivity contribution in [1.82, 2.24) is 14.1 Å². The van der Waals surface area contributed by atoms with Gasteiger partial charge in [-0.1, -0.05) is 80.9 Å². The second-order valence-electron chi connectivity index (χ2n) is 14.7. The van der Waals surface area contributed by atoms with Crippen molar-refractivity contribution in [2.24, 2.45) is 7.05 Å². The molecule has 0 aliphatic carbocycles. The zero-order valence-electron chi connectivity index (χ0n) is 30.3. The fraction of sp³-hybridized carbons (Fsp3) is 0.106. The molecule has 3 aromatic heterocycles. The minimum atomic E-state index is -0.0123. The van der Waals surface area contributed by atoms with Crippen molar-refractivity contribution in [1.29, 1.82) is 0 Å². The average molecular weight is 882 g/mol. The van der Waals surface area contributed by atoms with E-state index in [1.807, 2.05) is 30.5 Å². The molecule has 54 heavy (non-hydrogen) atoms. The molecular formula is C47H36N5OPt-3. The number of aromatic nitrogens is 3. The first-order valence-corrected chi connectivity index (χ1v) is 17.9. The Balaban J connectivity index is 0.00000384. The van der Waals surface area contributed by atoms with Gasteiger partial charge in [-0.15, -0.1) is 48.1 Å². The molecule has 1 aliphatic rings. The number of nitrogens with zero attached hydrogens (tertiary/aromatic N) is 5. The van der Waals surface area contributed by atoms with Crippen LogP contribution in [0.2, 0.25) is 0 Å². The van der Waals surface area contributed by atoms with Crippen LogP contribution in [0.1, 0.15) is 26.3 Å². The van der Waals surface area contributed by atoms with Crippen molar-refractivity contribution in [3.8, 4) is 17.3 Å². The predicted octanol–water partition coefficient (Wildman–Crippen LogP) is 11.9. The van der Waals surface area contributed by atoms with Crippen molar-refractivity contribution >= 4 is 66.4 Å². The van der Waals surface area contributed by atoms with Gasteiger partial charge in [0.25, 0.3) is 0 Å². The van der Waals surface area contributed by atoms with Crippen LogP contribution in [-0.4, -0.2) is 14.1 Å². The van der Waals surface area contributed by atoms with Crippen molar-refractivity contribution in [3.63, 3.8) is 0 Å². The van der Waals surface area contributed by atoms with Crippen LogP contribution in [0.3, 0.4) is 0 Å². The summed E-state index contributed by atoms with van der Waals surface area (Å²) >= 11 is 0. The van der Waals surface area contributed by atoms with Gasteiger partial charge in [0.2, 0.25) is 0 Å². The van der Waals surface area contributed by atoms with E-state index in [9.17, 15) is 0 Å². The molecule has 0 fully saturated rings. The Hall–Kier alpha value is -5.84. The molecule has 0 saturated heterocycles. The fourth-order valence-corrected chi connectivity index (χ4v) is 7.73. The van der Waals surface area contributed by atoms with Gasteiger partial charge < -0.3 is 23.7 Å². The first kappa shape index (κ1) is 34.0. The van der Waals surface area contributed by atoms with Crippen molar-refractivity contribution in [2.45, 2.75) is 26.2 Å². The number of hydrogen-bond donors (Lipinski definition) is 0. The van der Waals surface area contributed by atoms with E-state index in [4.69, 9.17) is 9.72 Å². The van der Waals surface area contributed by atoms with Crippen molar-refractivity contribution in [2.75, 3.05) is 9.80 Å². The Morgan fingerprint density at radius 3 is 2.11 bits per heavy atom. The molecule has 0 bridgehead atoms. The number of rotatable bonds is 5. The van der Waals surface area contributed by atoms with Gasteiger partial charge in [-0.25, -0.2) is 4.98 Å². The van der Waals surface area contributed by atoms with Gasteiger partial charge in [-0.05, 0) is 64.9 Å². The summed E-state index contributed by atoms with van der Waals surface area (Å²) in [5.41, 5.74) is 9.74. The normalized spacial score (nSPS) is 12.9. The summed E-state index contributed by atoms with van der Waals surface area (Å²) in [6.07, 6.45) is 1.90. The molecule has 6 aromatic carbocycles. The van der Waals surface area contributed by atoms with Crippen LogP contribution in [0.25, 0.3) is 49.4 Å². The minimum Gasteiger partial charge on any atom is -0.509 e. The van der Waals surface area contributed by atoms with E-state index in [1.54, 1.807) is 0 Å². The number of anilines is 4. The SMILES string of the molecule is Cn1c2ccccc2c2cc3c(cc21)N(c1ccccc1)[CH-]N3c1[c-]c(Oc2[c-]c3c(cc2)c2ccccc2n3-c2cc(C(C)(C)C)ccn2)ccc1.[Pt]. The quantitative estimate of drug-likeness (QED) is 0.161. The zero-order chi connectivity index (χ0) is 35.8. The van der Waals surface area contributed by atoms with Crippen LogP contribution >= 0.6 is 0 Å². The van der Waals surface area contributed by atoms with Gasteiger partial charge in [-0.2, -0.15) is 12.1 Å². The van der Waals surface area contributed by atoms with E-state index in [0.29, 0.717) is 11.5 Å². The molecule has 10 rings (SSSR count). The Kier molecular flexibility index (Phi) is 8.13. The molecule has 0 saturated carbocycles. The van der Waals surface area contributed by atoms with E-state index in [0.717, 1.165) is 50.4 Å². The molecule has 268 valence electrons. The third-order valence-electron chi connectivity index (χ3n) is 10.4. The first-order valence-electron chi connectivity index (χ1n) is 17.9. The topological polar surface area (TPSA) is 38.5 Å². The molecule has 0 amide bonds. The van der Waals surface area contributed by atoms with Crippen LogP contribution in [-0.2, 0) is 33.5 Å². The average Bonchev–Trinajstić information content (AvgIpc) is 3.81. The van der Waals surface area contributed by atoms with Gasteiger partial charge in [0, 0.05) is 84.7 Å². The monoisotopic (exact) mass is 881 g/mol. The zero-order valence-corrected chi connectivity index (χ0v) is 32.6. The Labute approximate surface area is 329 Å². The molecule has 0 unspecified atom stereocenters. The molecular weight excluding hydrogens is 846 g/mol. The molecule has 0 N–H and O–H groups in total. The van der Waals surface area contributed by atoms with E-state index in [1.165, 1.54) is 27.4 Å². The van der Waals surface area contributed by atoms with Crippen molar-refractivity contribution in [3.05, 3.63) is 164 Å². The number of benzene rings is 6. The largest absolute Gasteiger partial charge is 0.509 e. The van der Waals surface area contributed by atoms with E-state index < -0.39 is 0 Å². The summed E-state index contributed by atoms with van der Waals surface area (Å²) in [6.45, 7) is 8.82.